The van der Waals surface area contributed by atoms with Gasteiger partial charge in [-0.3, -0.25) is 0 Å². The molecule has 0 bridgehead atoms. The fourth-order valence-corrected chi connectivity index (χ4v) is 10.8. The summed E-state index contributed by atoms with van der Waals surface area (Å²) in [7, 11) is 0. The Bertz CT molecular complexity index is 3660. The van der Waals surface area contributed by atoms with Crippen LogP contribution in [0.5, 0.6) is 0 Å². The fraction of sp³-hybridized carbons (Fsp3) is 0.0164. The molecule has 0 saturated heterocycles. The van der Waals surface area contributed by atoms with Crippen molar-refractivity contribution >= 4 is 71.3 Å². The molecule has 0 saturated carbocycles. The minimum absolute atomic E-state index is 0.528. The van der Waals surface area contributed by atoms with Gasteiger partial charge in [0.25, 0.3) is 0 Å². The number of furan rings is 1. The van der Waals surface area contributed by atoms with Gasteiger partial charge in [0.05, 0.1) is 16.5 Å². The minimum atomic E-state index is -0.528. The molecule has 294 valence electrons. The zero-order valence-corrected chi connectivity index (χ0v) is 34.4. The van der Waals surface area contributed by atoms with Crippen LogP contribution in [0.3, 0.4) is 0 Å². The van der Waals surface area contributed by atoms with Crippen molar-refractivity contribution in [3.63, 3.8) is 0 Å². The van der Waals surface area contributed by atoms with E-state index in [1.807, 2.05) is 6.07 Å². The first-order valence-corrected chi connectivity index (χ1v) is 21.8. The van der Waals surface area contributed by atoms with Gasteiger partial charge in [0.1, 0.15) is 11.2 Å². The van der Waals surface area contributed by atoms with Crippen molar-refractivity contribution in [3.05, 3.63) is 259 Å². The van der Waals surface area contributed by atoms with E-state index in [9.17, 15) is 0 Å². The Hall–Kier alpha value is -8.20. The number of para-hydroxylation sites is 1. The zero-order valence-electron chi connectivity index (χ0n) is 34.4. The van der Waals surface area contributed by atoms with E-state index in [-0.39, 0.29) is 0 Å². The van der Waals surface area contributed by atoms with Crippen molar-refractivity contribution in [2.24, 2.45) is 0 Å². The predicted octanol–water partition coefficient (Wildman–Crippen LogP) is 16.5. The van der Waals surface area contributed by atoms with Crippen molar-refractivity contribution < 1.29 is 4.42 Å². The van der Waals surface area contributed by atoms with Crippen molar-refractivity contribution in [2.75, 3.05) is 4.90 Å². The first-order chi connectivity index (χ1) is 31.3. The molecule has 1 aromatic heterocycles. The smallest absolute Gasteiger partial charge is 0.137 e. The summed E-state index contributed by atoms with van der Waals surface area (Å²) >= 11 is 0. The van der Waals surface area contributed by atoms with Crippen LogP contribution >= 0.6 is 0 Å². The first-order valence-electron chi connectivity index (χ1n) is 21.8. The highest BCUT2D eigenvalue weighted by molar-refractivity contribution is 6.25. The maximum Gasteiger partial charge on any atom is 0.137 e. The molecule has 0 aliphatic heterocycles. The number of nitrogens with zero attached hydrogens (tertiary/aromatic N) is 1. The van der Waals surface area contributed by atoms with E-state index < -0.39 is 5.41 Å². The summed E-state index contributed by atoms with van der Waals surface area (Å²) in [5.74, 6) is 0. The molecule has 0 atom stereocenters. The van der Waals surface area contributed by atoms with Gasteiger partial charge in [0.2, 0.25) is 0 Å². The van der Waals surface area contributed by atoms with E-state index in [4.69, 9.17) is 4.42 Å². The normalized spacial score (nSPS) is 12.9. The summed E-state index contributed by atoms with van der Waals surface area (Å²) in [6, 6.07) is 86.6. The van der Waals surface area contributed by atoms with Crippen LogP contribution < -0.4 is 4.90 Å². The predicted molar refractivity (Wildman–Crippen MR) is 264 cm³/mol. The SMILES string of the molecule is c1ccc(C2(c3ccccc3)c3ccccc3-c3ccc(N(c4ccc(-c5ccc6c7ccccc7c7ccccc7c6c5)cc4)c4cccc5oc6ccccc6c45)cc32)cc1. The molecule has 2 heteroatoms. The summed E-state index contributed by atoms with van der Waals surface area (Å²) in [5, 5.41) is 9.86. The van der Waals surface area contributed by atoms with Gasteiger partial charge in [-0.2, -0.15) is 0 Å². The van der Waals surface area contributed by atoms with E-state index in [2.05, 4.69) is 235 Å². The third-order valence-electron chi connectivity index (χ3n) is 13.5. The van der Waals surface area contributed by atoms with Crippen molar-refractivity contribution in [3.8, 4) is 22.3 Å². The van der Waals surface area contributed by atoms with Gasteiger partial charge >= 0.3 is 0 Å². The highest BCUT2D eigenvalue weighted by Gasteiger charge is 2.46. The molecule has 0 unspecified atom stereocenters. The second-order valence-electron chi connectivity index (χ2n) is 16.7. The average Bonchev–Trinajstić information content (AvgIpc) is 3.89. The van der Waals surface area contributed by atoms with Crippen LogP contribution in [0.25, 0.3) is 76.5 Å². The molecule has 0 N–H and O–H groups in total. The largest absolute Gasteiger partial charge is 0.456 e. The van der Waals surface area contributed by atoms with E-state index in [1.165, 1.54) is 76.8 Å². The molecule has 0 spiro atoms. The molecule has 63 heavy (non-hydrogen) atoms. The van der Waals surface area contributed by atoms with Gasteiger partial charge in [-0.15, -0.1) is 0 Å². The van der Waals surface area contributed by atoms with Crippen LogP contribution in [0.2, 0.25) is 0 Å². The molecular formula is C61H39NO. The number of hydrogen-bond acceptors (Lipinski definition) is 2. The van der Waals surface area contributed by atoms with E-state index in [1.54, 1.807) is 0 Å². The average molecular weight is 802 g/mol. The molecule has 12 aromatic rings. The van der Waals surface area contributed by atoms with Crippen LogP contribution in [-0.2, 0) is 5.41 Å². The van der Waals surface area contributed by atoms with Crippen LogP contribution in [0.1, 0.15) is 22.3 Å². The van der Waals surface area contributed by atoms with Gasteiger partial charge in [0, 0.05) is 16.8 Å². The Morgan fingerprint density at radius 1 is 0.317 bits per heavy atom. The fourth-order valence-electron chi connectivity index (χ4n) is 10.8. The van der Waals surface area contributed by atoms with Gasteiger partial charge in [-0.1, -0.05) is 188 Å². The third kappa shape index (κ3) is 5.25. The standard InChI is InChI=1S/C61H39NO/c1-3-16-42(17-4-1)61(43-18-5-2-6-19-43)55-26-13-11-24-51(55)52-37-35-45(39-56(52)61)62(57-27-15-29-59-60(57)53-25-12-14-28-58(53)63-59)44-33-30-40(31-34-44)41-32-36-50-48-22-8-7-20-46(48)47-21-9-10-23-49(47)54(50)38-41/h1-39H. The Morgan fingerprint density at radius 3 is 1.54 bits per heavy atom. The Morgan fingerprint density at radius 2 is 0.841 bits per heavy atom. The van der Waals surface area contributed by atoms with Crippen LogP contribution in [0.4, 0.5) is 17.1 Å². The zero-order chi connectivity index (χ0) is 41.5. The lowest BCUT2D eigenvalue weighted by Crippen LogP contribution is -2.28. The Kier molecular flexibility index (Phi) is 7.85. The van der Waals surface area contributed by atoms with Gasteiger partial charge < -0.3 is 9.32 Å². The van der Waals surface area contributed by atoms with Gasteiger partial charge in [0.15, 0.2) is 0 Å². The van der Waals surface area contributed by atoms with Crippen molar-refractivity contribution in [1.82, 2.24) is 0 Å². The van der Waals surface area contributed by atoms with E-state index in [0.717, 1.165) is 39.0 Å². The lowest BCUT2D eigenvalue weighted by Gasteiger charge is -2.35. The summed E-state index contributed by atoms with van der Waals surface area (Å²) in [6.07, 6.45) is 0. The molecule has 2 nitrogen and oxygen atoms in total. The second-order valence-corrected chi connectivity index (χ2v) is 16.7. The van der Waals surface area contributed by atoms with E-state index >= 15 is 0 Å². The molecule has 0 fully saturated rings. The number of benzene rings is 11. The molecule has 0 amide bonds. The van der Waals surface area contributed by atoms with E-state index in [0.29, 0.717) is 0 Å². The molecule has 11 aromatic carbocycles. The summed E-state index contributed by atoms with van der Waals surface area (Å²) in [4.78, 5) is 2.43. The number of anilines is 3. The summed E-state index contributed by atoms with van der Waals surface area (Å²) < 4.78 is 6.52. The Balaban J connectivity index is 1.03. The molecule has 1 aliphatic carbocycles. The minimum Gasteiger partial charge on any atom is -0.456 e. The van der Waals surface area contributed by atoms with Crippen molar-refractivity contribution in [1.29, 1.82) is 0 Å². The highest BCUT2D eigenvalue weighted by Crippen LogP contribution is 2.57. The van der Waals surface area contributed by atoms with Crippen LogP contribution in [-0.4, -0.2) is 0 Å². The number of fused-ring (bicyclic) bond motifs is 12. The summed E-state index contributed by atoms with van der Waals surface area (Å²) in [6.45, 7) is 0. The number of hydrogen-bond donors (Lipinski definition) is 0. The molecule has 13 rings (SSSR count). The molecule has 0 radical (unpaired) electrons. The molecule has 1 aliphatic rings. The third-order valence-corrected chi connectivity index (χ3v) is 13.5. The lowest BCUT2D eigenvalue weighted by atomic mass is 9.67. The molecular weight excluding hydrogens is 763 g/mol. The van der Waals surface area contributed by atoms with Crippen LogP contribution in [0, 0.1) is 0 Å². The first kappa shape index (κ1) is 35.5. The highest BCUT2D eigenvalue weighted by atomic mass is 16.3. The monoisotopic (exact) mass is 801 g/mol. The van der Waals surface area contributed by atoms with Crippen LogP contribution in [0.15, 0.2) is 241 Å². The lowest BCUT2D eigenvalue weighted by molar-refractivity contribution is 0.669. The molecule has 1 heterocycles. The summed E-state index contributed by atoms with van der Waals surface area (Å²) in [5.41, 5.74) is 14.3. The maximum atomic E-state index is 6.52. The maximum absolute atomic E-state index is 6.52. The topological polar surface area (TPSA) is 16.4 Å². The second kappa shape index (κ2) is 13.9. The quantitative estimate of drug-likeness (QED) is 0.156. The van der Waals surface area contributed by atoms with Crippen molar-refractivity contribution in [2.45, 2.75) is 5.41 Å². The van der Waals surface area contributed by atoms with Gasteiger partial charge in [-0.25, -0.2) is 0 Å². The number of rotatable bonds is 6. The Labute approximate surface area is 365 Å². The van der Waals surface area contributed by atoms with Gasteiger partial charge in [-0.05, 0) is 125 Å².